The predicted octanol–water partition coefficient (Wildman–Crippen LogP) is 2.31. The van der Waals surface area contributed by atoms with Crippen LogP contribution < -0.4 is 16.4 Å². The molecule has 8 heteroatoms. The first-order chi connectivity index (χ1) is 14.6. The van der Waals surface area contributed by atoms with Crippen LogP contribution in [0, 0.1) is 0 Å². The van der Waals surface area contributed by atoms with Crippen molar-refractivity contribution in [2.24, 2.45) is 5.73 Å². The summed E-state index contributed by atoms with van der Waals surface area (Å²) in [5.41, 5.74) is 5.87. The van der Waals surface area contributed by atoms with Crippen molar-refractivity contribution in [2.75, 3.05) is 19.4 Å². The fraction of sp³-hybridized carbons (Fsp3) is 0.609. The second-order valence-electron chi connectivity index (χ2n) is 7.99. The number of benzene rings is 1. The van der Waals surface area contributed by atoms with Crippen molar-refractivity contribution >= 4 is 23.2 Å². The zero-order valence-corrected chi connectivity index (χ0v) is 19.6. The number of hydrogen-bond donors (Lipinski definition) is 4. The van der Waals surface area contributed by atoms with Gasteiger partial charge in [-0.15, -0.1) is 0 Å². The Bertz CT molecular complexity index is 758. The summed E-state index contributed by atoms with van der Waals surface area (Å²) in [6.45, 7) is 8.23. The van der Waals surface area contributed by atoms with Gasteiger partial charge in [-0.3, -0.25) is 14.4 Å². The lowest BCUT2D eigenvalue weighted by atomic mass is 9.82. The Balaban J connectivity index is 0.000000703. The van der Waals surface area contributed by atoms with E-state index in [1.807, 2.05) is 13.8 Å². The first-order valence-electron chi connectivity index (χ1n) is 11.0. The van der Waals surface area contributed by atoms with Gasteiger partial charge >= 0.3 is 0 Å². The number of anilines is 1. The Hall–Kier alpha value is -2.45. The van der Waals surface area contributed by atoms with Gasteiger partial charge in [-0.1, -0.05) is 33.8 Å². The van der Waals surface area contributed by atoms with Gasteiger partial charge in [0.25, 0.3) is 5.91 Å². The van der Waals surface area contributed by atoms with E-state index in [1.165, 1.54) is 11.0 Å². The molecule has 31 heavy (non-hydrogen) atoms. The summed E-state index contributed by atoms with van der Waals surface area (Å²) in [7, 11) is 3.18. The topological polar surface area (TPSA) is 125 Å². The molecule has 2 unspecified atom stereocenters. The molecule has 0 saturated heterocycles. The van der Waals surface area contributed by atoms with Crippen LogP contribution in [-0.4, -0.2) is 65.7 Å². The number of hydrogen-bond acceptors (Lipinski definition) is 7. The number of phenols is 1. The Morgan fingerprint density at radius 3 is 2.03 bits per heavy atom. The second-order valence-corrected chi connectivity index (χ2v) is 7.99. The largest absolute Gasteiger partial charge is 0.505 e. The third-order valence-electron chi connectivity index (χ3n) is 5.57. The highest BCUT2D eigenvalue weighted by molar-refractivity contribution is 6.49. The number of phenolic OH excluding ortho intramolecular Hbond substituents is 1. The van der Waals surface area contributed by atoms with Gasteiger partial charge in [0.2, 0.25) is 11.6 Å². The average Bonchev–Trinajstić information content (AvgIpc) is 2.78. The molecular weight excluding hydrogens is 396 g/mol. The summed E-state index contributed by atoms with van der Waals surface area (Å²) in [6.07, 6.45) is 3.91. The third kappa shape index (κ3) is 6.77. The number of carbonyl (C=O) groups excluding carboxylic acids is 3. The van der Waals surface area contributed by atoms with Crippen molar-refractivity contribution < 1.29 is 19.5 Å². The zero-order valence-electron chi connectivity index (χ0n) is 19.6. The van der Waals surface area contributed by atoms with Gasteiger partial charge in [0.05, 0.1) is 11.3 Å². The van der Waals surface area contributed by atoms with Crippen molar-refractivity contribution in [3.63, 3.8) is 0 Å². The number of para-hydroxylation sites is 1. The lowest BCUT2D eigenvalue weighted by Crippen LogP contribution is -2.68. The van der Waals surface area contributed by atoms with Gasteiger partial charge in [0.15, 0.2) is 5.75 Å². The zero-order chi connectivity index (χ0) is 23.7. The molecule has 1 aliphatic carbocycles. The number of rotatable bonds is 9. The van der Waals surface area contributed by atoms with E-state index in [1.54, 1.807) is 26.2 Å². The van der Waals surface area contributed by atoms with Gasteiger partial charge in [-0.05, 0) is 37.8 Å². The highest BCUT2D eigenvalue weighted by atomic mass is 16.3. The molecule has 174 valence electrons. The maximum Gasteiger partial charge on any atom is 0.257 e. The molecule has 2 rings (SSSR count). The van der Waals surface area contributed by atoms with Crippen LogP contribution in [-0.2, 0) is 9.59 Å². The van der Waals surface area contributed by atoms with Crippen LogP contribution in [0.1, 0.15) is 63.7 Å². The van der Waals surface area contributed by atoms with Crippen molar-refractivity contribution in [1.29, 1.82) is 0 Å². The fourth-order valence-corrected chi connectivity index (χ4v) is 3.14. The van der Waals surface area contributed by atoms with Crippen LogP contribution in [0.5, 0.6) is 5.75 Å². The van der Waals surface area contributed by atoms with E-state index in [0.717, 1.165) is 25.7 Å². The monoisotopic (exact) mass is 434 g/mol. The molecule has 5 N–H and O–H groups in total. The molecule has 1 fully saturated rings. The molecule has 0 radical (unpaired) electrons. The lowest BCUT2D eigenvalue weighted by Gasteiger charge is -2.37. The molecule has 0 bridgehead atoms. The summed E-state index contributed by atoms with van der Waals surface area (Å²) in [4.78, 5) is 37.3. The molecular formula is C23H38N4O4. The van der Waals surface area contributed by atoms with E-state index in [-0.39, 0.29) is 28.9 Å². The van der Waals surface area contributed by atoms with Crippen LogP contribution in [0.2, 0.25) is 0 Å². The Labute approximate surface area is 185 Å². The molecule has 0 spiro atoms. The minimum absolute atomic E-state index is 0.137. The third-order valence-corrected chi connectivity index (χ3v) is 5.57. The van der Waals surface area contributed by atoms with Crippen LogP contribution in [0.15, 0.2) is 18.2 Å². The Kier molecular flexibility index (Phi) is 10.6. The molecule has 0 heterocycles. The fourth-order valence-electron chi connectivity index (χ4n) is 3.14. The maximum atomic E-state index is 12.1. The number of amides is 1. The average molecular weight is 435 g/mol. The van der Waals surface area contributed by atoms with Crippen molar-refractivity contribution in [2.45, 2.75) is 77.5 Å². The van der Waals surface area contributed by atoms with Gasteiger partial charge in [0.1, 0.15) is 12.1 Å². The van der Waals surface area contributed by atoms with Crippen molar-refractivity contribution in [3.05, 3.63) is 23.8 Å². The van der Waals surface area contributed by atoms with E-state index >= 15 is 0 Å². The first kappa shape index (κ1) is 26.6. The van der Waals surface area contributed by atoms with E-state index in [0.29, 0.717) is 6.04 Å². The first-order valence-corrected chi connectivity index (χ1v) is 11.0. The maximum absolute atomic E-state index is 12.1. The predicted molar refractivity (Wildman–Crippen MR) is 123 cm³/mol. The Morgan fingerprint density at radius 1 is 1.03 bits per heavy atom. The van der Waals surface area contributed by atoms with E-state index in [2.05, 4.69) is 24.5 Å². The van der Waals surface area contributed by atoms with Gasteiger partial charge in [-0.25, -0.2) is 0 Å². The molecule has 0 aliphatic heterocycles. The van der Waals surface area contributed by atoms with E-state index in [4.69, 9.17) is 5.73 Å². The Morgan fingerprint density at radius 2 is 1.58 bits per heavy atom. The molecule has 1 amide bonds. The minimum Gasteiger partial charge on any atom is -0.505 e. The van der Waals surface area contributed by atoms with E-state index in [9.17, 15) is 19.5 Å². The molecule has 1 aliphatic rings. The van der Waals surface area contributed by atoms with Gasteiger partial charge < -0.3 is 26.4 Å². The number of Topliss-reactive ketones (excluding diaryl/α,β-unsaturated/α-hetero) is 2. The summed E-state index contributed by atoms with van der Waals surface area (Å²) in [6, 6.07) is 3.91. The number of nitrogens with one attached hydrogen (secondary N) is 2. The number of carbonyl (C=O) groups is 3. The van der Waals surface area contributed by atoms with Crippen LogP contribution in [0.3, 0.4) is 0 Å². The normalized spacial score (nSPS) is 17.8. The van der Waals surface area contributed by atoms with Crippen LogP contribution >= 0.6 is 0 Å². The molecule has 1 aromatic carbocycles. The van der Waals surface area contributed by atoms with Gasteiger partial charge in [0, 0.05) is 26.2 Å². The molecule has 2 atom stereocenters. The summed E-state index contributed by atoms with van der Waals surface area (Å²) < 4.78 is 0. The quantitative estimate of drug-likeness (QED) is 0.347. The highest BCUT2D eigenvalue weighted by Crippen LogP contribution is 2.31. The van der Waals surface area contributed by atoms with Gasteiger partial charge in [-0.2, -0.15) is 0 Å². The van der Waals surface area contributed by atoms with Crippen LogP contribution in [0.4, 0.5) is 5.69 Å². The number of nitrogens with zero attached hydrogens (tertiary/aromatic N) is 1. The number of ketones is 2. The summed E-state index contributed by atoms with van der Waals surface area (Å²) >= 11 is 0. The SMILES string of the molecule is CCC(CC)NC1C(=O)C(=O)C1Nc1cccc(C(=O)N(C)C)c1O.CCC(N)CC. The van der Waals surface area contributed by atoms with Crippen molar-refractivity contribution in [1.82, 2.24) is 10.2 Å². The molecule has 1 aromatic rings. The lowest BCUT2D eigenvalue weighted by molar-refractivity contribution is -0.145. The second kappa shape index (κ2) is 12.4. The smallest absolute Gasteiger partial charge is 0.257 e. The van der Waals surface area contributed by atoms with E-state index < -0.39 is 23.7 Å². The molecule has 8 nitrogen and oxygen atoms in total. The molecule has 0 aromatic heterocycles. The highest BCUT2D eigenvalue weighted by Gasteiger charge is 2.49. The number of aromatic hydroxyl groups is 1. The van der Waals surface area contributed by atoms with Crippen LogP contribution in [0.25, 0.3) is 0 Å². The summed E-state index contributed by atoms with van der Waals surface area (Å²) in [5, 5.41) is 16.5. The summed E-state index contributed by atoms with van der Waals surface area (Å²) in [5.74, 6) is -1.55. The number of nitrogens with two attached hydrogens (primary N) is 1. The van der Waals surface area contributed by atoms with Crippen molar-refractivity contribution in [3.8, 4) is 5.75 Å². The minimum atomic E-state index is -0.747. The molecule has 1 saturated carbocycles. The standard InChI is InChI=1S/C18H25N3O4.C5H13N/c1-5-10(6-2)19-13-14(17(24)16(13)23)20-12-9-7-8-11(15(12)22)18(25)21(3)4;1-3-5(6)4-2/h7-10,13-14,19-20,22H,5-6H2,1-4H3;5H,3-4,6H2,1-2H3.